The van der Waals surface area contributed by atoms with Crippen LogP contribution in [0.2, 0.25) is 0 Å². The Morgan fingerprint density at radius 3 is 1.88 bits per heavy atom. The van der Waals surface area contributed by atoms with Gasteiger partial charge in [0, 0.05) is 41.7 Å². The van der Waals surface area contributed by atoms with Gasteiger partial charge < -0.3 is 11.7 Å². The molecule has 0 atom stereocenters. The fourth-order valence-electron chi connectivity index (χ4n) is 4.30. The standard InChI is InChI=1S/C18H14BBrN4S2/c1-5-12-14(18-8(16(12)24-22)4-10(20)26-18)6(2)11-13(5)17-7(15(11)23-21)3-9(19)25-17/h3-4H,19,21-22H2,1-2H3/b23-15+,24-16+. The average Bonchev–Trinajstić information content (AvgIpc) is 3.29. The van der Waals surface area contributed by atoms with Crippen LogP contribution in [0.3, 0.4) is 0 Å². The van der Waals surface area contributed by atoms with Crippen LogP contribution in [0.4, 0.5) is 0 Å². The zero-order valence-electron chi connectivity index (χ0n) is 14.4. The summed E-state index contributed by atoms with van der Waals surface area (Å²) in [6.45, 7) is 4.31. The molecule has 0 spiro atoms. The van der Waals surface area contributed by atoms with Crippen molar-refractivity contribution in [2.75, 3.05) is 0 Å². The summed E-state index contributed by atoms with van der Waals surface area (Å²) in [5.74, 6) is 11.7. The summed E-state index contributed by atoms with van der Waals surface area (Å²) in [4.78, 5) is 0. The number of nitrogens with two attached hydrogens (primary N) is 2. The number of benzene rings is 1. The quantitative estimate of drug-likeness (QED) is 0.220. The van der Waals surface area contributed by atoms with Crippen LogP contribution >= 0.6 is 38.6 Å². The van der Waals surface area contributed by atoms with Crippen molar-refractivity contribution in [2.45, 2.75) is 13.8 Å². The van der Waals surface area contributed by atoms with Gasteiger partial charge in [0.15, 0.2) is 7.85 Å². The van der Waals surface area contributed by atoms with E-state index in [9.17, 15) is 0 Å². The maximum absolute atomic E-state index is 5.83. The highest BCUT2D eigenvalue weighted by Gasteiger charge is 2.23. The minimum atomic E-state index is 0.869. The van der Waals surface area contributed by atoms with Gasteiger partial charge in [0.05, 0.1) is 14.5 Å². The summed E-state index contributed by atoms with van der Waals surface area (Å²) in [6.07, 6.45) is 0. The number of hydrogen-bond acceptors (Lipinski definition) is 6. The van der Waals surface area contributed by atoms with E-state index in [1.165, 1.54) is 36.1 Å². The molecule has 0 saturated carbocycles. The summed E-state index contributed by atoms with van der Waals surface area (Å²) in [5, 5.41) is 17.1. The van der Waals surface area contributed by atoms with Crippen LogP contribution < -0.4 is 27.2 Å². The summed E-state index contributed by atoms with van der Waals surface area (Å²) in [6, 6.07) is 4.29. The third kappa shape index (κ3) is 1.79. The zero-order chi connectivity index (χ0) is 18.3. The molecule has 128 valence electrons. The molecule has 4 nitrogen and oxygen atoms in total. The second-order valence-corrected chi connectivity index (χ2v) is 10.3. The molecule has 0 radical (unpaired) electrons. The lowest BCUT2D eigenvalue weighted by molar-refractivity contribution is 1.17. The van der Waals surface area contributed by atoms with Gasteiger partial charge in [-0.3, -0.25) is 0 Å². The third-order valence-electron chi connectivity index (χ3n) is 5.25. The van der Waals surface area contributed by atoms with E-state index in [0.717, 1.165) is 36.0 Å². The molecule has 0 bridgehead atoms. The number of fused-ring (bicyclic) bond motifs is 6. The number of thiophene rings is 2. The molecule has 5 rings (SSSR count). The number of aryl methyl sites for hydroxylation is 2. The number of hydrogen-bond donors (Lipinski definition) is 2. The van der Waals surface area contributed by atoms with Gasteiger partial charge >= 0.3 is 0 Å². The van der Waals surface area contributed by atoms with Crippen LogP contribution in [0.1, 0.15) is 11.1 Å². The number of nitrogens with zero attached hydrogens (tertiary/aromatic N) is 2. The van der Waals surface area contributed by atoms with Crippen LogP contribution in [-0.2, 0) is 0 Å². The molecular weight excluding hydrogens is 427 g/mol. The molecule has 2 aromatic heterocycles. The Morgan fingerprint density at radius 1 is 0.846 bits per heavy atom. The molecule has 0 fully saturated rings. The van der Waals surface area contributed by atoms with Crippen molar-refractivity contribution in [3.8, 4) is 0 Å². The summed E-state index contributed by atoms with van der Waals surface area (Å²) in [5.41, 5.74) is 2.39. The molecule has 0 saturated heterocycles. The van der Waals surface area contributed by atoms with Gasteiger partial charge in [-0.2, -0.15) is 21.5 Å². The maximum Gasteiger partial charge on any atom is 0.152 e. The van der Waals surface area contributed by atoms with E-state index < -0.39 is 0 Å². The molecular formula is C18H14BBrN4S2. The molecule has 4 N–H and O–H groups in total. The fraction of sp³-hybridized carbons (Fsp3) is 0.111. The van der Waals surface area contributed by atoms with Crippen LogP contribution in [0.25, 0.3) is 41.7 Å². The first-order chi connectivity index (χ1) is 12.5. The molecule has 0 aliphatic carbocycles. The van der Waals surface area contributed by atoms with E-state index in [4.69, 9.17) is 11.7 Å². The van der Waals surface area contributed by atoms with Gasteiger partial charge in [-0.25, -0.2) is 0 Å². The minimum Gasteiger partial charge on any atom is -0.323 e. The Kier molecular flexibility index (Phi) is 3.33. The van der Waals surface area contributed by atoms with Crippen LogP contribution in [0.5, 0.6) is 0 Å². The van der Waals surface area contributed by atoms with Gasteiger partial charge in [-0.1, -0.05) is 0 Å². The first-order valence-electron chi connectivity index (χ1n) is 8.12. The maximum atomic E-state index is 5.83. The summed E-state index contributed by atoms with van der Waals surface area (Å²) >= 11 is 7.11. The lowest BCUT2D eigenvalue weighted by Crippen LogP contribution is -2.07. The summed E-state index contributed by atoms with van der Waals surface area (Å²) in [7, 11) is 2.12. The Bertz CT molecular complexity index is 1380. The second kappa shape index (κ2) is 5.31. The van der Waals surface area contributed by atoms with E-state index >= 15 is 0 Å². The van der Waals surface area contributed by atoms with Crippen molar-refractivity contribution in [2.24, 2.45) is 21.9 Å². The fourth-order valence-corrected chi connectivity index (χ4v) is 7.13. The predicted molar refractivity (Wildman–Crippen MR) is 119 cm³/mol. The lowest BCUT2D eigenvalue weighted by atomic mass is 9.98. The molecule has 2 heterocycles. The minimum absolute atomic E-state index is 0.869. The second-order valence-electron chi connectivity index (χ2n) is 6.60. The van der Waals surface area contributed by atoms with Crippen LogP contribution in [0.15, 0.2) is 26.1 Å². The molecule has 8 heteroatoms. The molecule has 0 aliphatic heterocycles. The molecule has 3 aromatic carbocycles. The Labute approximate surface area is 166 Å². The normalized spacial score (nSPS) is 14.1. The van der Waals surface area contributed by atoms with E-state index in [0.29, 0.717) is 0 Å². The van der Waals surface area contributed by atoms with E-state index in [-0.39, 0.29) is 0 Å². The molecule has 5 aromatic rings. The van der Waals surface area contributed by atoms with Crippen molar-refractivity contribution in [1.29, 1.82) is 0 Å². The van der Waals surface area contributed by atoms with Crippen molar-refractivity contribution in [3.63, 3.8) is 0 Å². The smallest absolute Gasteiger partial charge is 0.152 e. The van der Waals surface area contributed by atoms with Crippen LogP contribution in [-0.4, -0.2) is 7.85 Å². The van der Waals surface area contributed by atoms with Crippen molar-refractivity contribution >= 4 is 92.9 Å². The van der Waals surface area contributed by atoms with E-state index in [2.05, 4.69) is 60.0 Å². The Balaban J connectivity index is 2.24. The van der Waals surface area contributed by atoms with Gasteiger partial charge in [-0.05, 0) is 57.8 Å². The first kappa shape index (κ1) is 16.3. The van der Waals surface area contributed by atoms with Gasteiger partial charge in [0.2, 0.25) is 0 Å². The predicted octanol–water partition coefficient (Wildman–Crippen LogP) is 2.48. The third-order valence-corrected chi connectivity index (χ3v) is 7.98. The van der Waals surface area contributed by atoms with Crippen molar-refractivity contribution < 1.29 is 0 Å². The van der Waals surface area contributed by atoms with Gasteiger partial charge in [-0.15, -0.1) is 11.3 Å². The van der Waals surface area contributed by atoms with E-state index in [1.54, 1.807) is 22.7 Å². The van der Waals surface area contributed by atoms with Crippen LogP contribution in [0, 0.1) is 13.8 Å². The highest BCUT2D eigenvalue weighted by Crippen LogP contribution is 2.42. The molecule has 0 aliphatic rings. The lowest BCUT2D eigenvalue weighted by Gasteiger charge is -2.06. The largest absolute Gasteiger partial charge is 0.323 e. The molecule has 0 amide bonds. The summed E-state index contributed by atoms with van der Waals surface area (Å²) < 4.78 is 4.80. The average molecular weight is 441 g/mol. The zero-order valence-corrected chi connectivity index (χ0v) is 17.6. The monoisotopic (exact) mass is 440 g/mol. The Morgan fingerprint density at radius 2 is 1.35 bits per heavy atom. The van der Waals surface area contributed by atoms with Gasteiger partial charge in [0.25, 0.3) is 0 Å². The van der Waals surface area contributed by atoms with Crippen molar-refractivity contribution in [3.05, 3.63) is 37.8 Å². The Hall–Kier alpha value is -1.90. The first-order valence-corrected chi connectivity index (χ1v) is 10.5. The van der Waals surface area contributed by atoms with E-state index in [1.807, 2.05) is 0 Å². The SMILES string of the molecule is Bc1cc2/c(=N\N)c3c(C)c4c(c(C)c3c2s1)/c(=N/N)c1cc(Br)sc14. The number of halogens is 1. The topological polar surface area (TPSA) is 76.8 Å². The molecule has 26 heavy (non-hydrogen) atoms. The van der Waals surface area contributed by atoms with Crippen molar-refractivity contribution in [1.82, 2.24) is 0 Å². The molecule has 0 unspecified atom stereocenters. The highest BCUT2D eigenvalue weighted by molar-refractivity contribution is 9.11. The highest BCUT2D eigenvalue weighted by atomic mass is 79.9. The van der Waals surface area contributed by atoms with Gasteiger partial charge in [0.1, 0.15) is 0 Å². The number of rotatable bonds is 0.